The number of oxazole rings is 1. The van der Waals surface area contributed by atoms with Crippen LogP contribution in [0.15, 0.2) is 46.9 Å². The van der Waals surface area contributed by atoms with Crippen LogP contribution in [0.1, 0.15) is 28.9 Å². The number of amides is 1. The Morgan fingerprint density at radius 1 is 1.18 bits per heavy atom. The molecule has 2 N–H and O–H groups in total. The van der Waals surface area contributed by atoms with Crippen molar-refractivity contribution in [1.29, 1.82) is 0 Å². The van der Waals surface area contributed by atoms with Crippen LogP contribution in [-0.2, 0) is 24.1 Å². The second-order valence-electron chi connectivity index (χ2n) is 7.19. The SMILES string of the molecule is Cc1nc2ccc(-c3nc(CC(N)=O)nn3C3Cc4ccccc4C3)cc2o1. The number of hydrogen-bond acceptors (Lipinski definition) is 5. The number of aryl methyl sites for hydroxylation is 1. The molecule has 0 saturated heterocycles. The first kappa shape index (κ1) is 16.7. The number of carbonyl (C=O) groups is 1. The number of hydrogen-bond donors (Lipinski definition) is 1. The van der Waals surface area contributed by atoms with Gasteiger partial charge in [0.15, 0.2) is 23.1 Å². The average Bonchev–Trinajstić information content (AvgIpc) is 3.35. The van der Waals surface area contributed by atoms with Crippen molar-refractivity contribution in [3.05, 3.63) is 65.3 Å². The average molecular weight is 373 g/mol. The number of nitrogens with two attached hydrogens (primary N) is 1. The Labute approximate surface area is 161 Å². The zero-order chi connectivity index (χ0) is 19.3. The first-order valence-electron chi connectivity index (χ1n) is 9.25. The van der Waals surface area contributed by atoms with Gasteiger partial charge in [0.1, 0.15) is 5.52 Å². The molecule has 2 heterocycles. The van der Waals surface area contributed by atoms with Crippen molar-refractivity contribution in [3.63, 3.8) is 0 Å². The molecule has 0 radical (unpaired) electrons. The normalized spacial score (nSPS) is 13.9. The highest BCUT2D eigenvalue weighted by atomic mass is 16.3. The Balaban J connectivity index is 1.59. The lowest BCUT2D eigenvalue weighted by Gasteiger charge is -2.13. The molecule has 2 aromatic carbocycles. The molecule has 4 aromatic rings. The molecule has 5 rings (SSSR count). The zero-order valence-corrected chi connectivity index (χ0v) is 15.4. The van der Waals surface area contributed by atoms with E-state index in [4.69, 9.17) is 10.2 Å². The van der Waals surface area contributed by atoms with Crippen LogP contribution in [0.3, 0.4) is 0 Å². The fraction of sp³-hybridized carbons (Fsp3) is 0.238. The molecule has 0 bridgehead atoms. The van der Waals surface area contributed by atoms with Gasteiger partial charge in [0.05, 0.1) is 12.5 Å². The van der Waals surface area contributed by atoms with Crippen LogP contribution >= 0.6 is 0 Å². The van der Waals surface area contributed by atoms with E-state index in [0.29, 0.717) is 23.1 Å². The maximum atomic E-state index is 11.4. The molecule has 140 valence electrons. The smallest absolute Gasteiger partial charge is 0.225 e. The molecular formula is C21H19N5O2. The third kappa shape index (κ3) is 2.85. The number of benzene rings is 2. The van der Waals surface area contributed by atoms with Gasteiger partial charge in [-0.25, -0.2) is 14.6 Å². The van der Waals surface area contributed by atoms with Crippen LogP contribution in [0.2, 0.25) is 0 Å². The summed E-state index contributed by atoms with van der Waals surface area (Å²) in [6.45, 7) is 1.82. The van der Waals surface area contributed by atoms with Crippen LogP contribution in [0.25, 0.3) is 22.5 Å². The Hall–Kier alpha value is -3.48. The molecule has 7 heteroatoms. The van der Waals surface area contributed by atoms with E-state index in [2.05, 4.69) is 39.3 Å². The highest BCUT2D eigenvalue weighted by molar-refractivity contribution is 5.79. The van der Waals surface area contributed by atoms with Crippen LogP contribution in [-0.4, -0.2) is 25.7 Å². The van der Waals surface area contributed by atoms with Crippen LogP contribution in [0.4, 0.5) is 0 Å². The molecule has 28 heavy (non-hydrogen) atoms. The van der Waals surface area contributed by atoms with E-state index in [1.165, 1.54) is 11.1 Å². The van der Waals surface area contributed by atoms with Gasteiger partial charge in [0.25, 0.3) is 0 Å². The van der Waals surface area contributed by atoms with Gasteiger partial charge in [-0.2, -0.15) is 5.10 Å². The summed E-state index contributed by atoms with van der Waals surface area (Å²) in [6.07, 6.45) is 1.78. The molecular weight excluding hydrogens is 354 g/mol. The lowest BCUT2D eigenvalue weighted by atomic mass is 10.1. The summed E-state index contributed by atoms with van der Waals surface area (Å²) >= 11 is 0. The number of carbonyl (C=O) groups excluding carboxylic acids is 1. The predicted molar refractivity (Wildman–Crippen MR) is 104 cm³/mol. The van der Waals surface area contributed by atoms with E-state index in [0.717, 1.165) is 23.9 Å². The first-order chi connectivity index (χ1) is 13.6. The lowest BCUT2D eigenvalue weighted by Crippen LogP contribution is -2.16. The van der Waals surface area contributed by atoms with E-state index in [1.54, 1.807) is 0 Å². The van der Waals surface area contributed by atoms with Gasteiger partial charge in [-0.15, -0.1) is 0 Å². The Morgan fingerprint density at radius 2 is 1.93 bits per heavy atom. The van der Waals surface area contributed by atoms with Crippen molar-refractivity contribution < 1.29 is 9.21 Å². The number of primary amides is 1. The van der Waals surface area contributed by atoms with E-state index in [-0.39, 0.29) is 12.5 Å². The van der Waals surface area contributed by atoms with Gasteiger partial charge in [-0.1, -0.05) is 24.3 Å². The maximum absolute atomic E-state index is 11.4. The van der Waals surface area contributed by atoms with Gasteiger partial charge in [-0.05, 0) is 42.2 Å². The molecule has 1 aliphatic carbocycles. The zero-order valence-electron chi connectivity index (χ0n) is 15.4. The molecule has 0 saturated carbocycles. The first-order valence-corrected chi connectivity index (χ1v) is 9.25. The number of nitrogens with zero attached hydrogens (tertiary/aromatic N) is 4. The summed E-state index contributed by atoms with van der Waals surface area (Å²) in [5.74, 6) is 1.33. The fourth-order valence-corrected chi connectivity index (χ4v) is 3.94. The van der Waals surface area contributed by atoms with Gasteiger partial charge in [0.2, 0.25) is 5.91 Å². The fourth-order valence-electron chi connectivity index (χ4n) is 3.94. The minimum Gasteiger partial charge on any atom is -0.441 e. The number of aromatic nitrogens is 4. The monoisotopic (exact) mass is 373 g/mol. The van der Waals surface area contributed by atoms with Crippen LogP contribution < -0.4 is 5.73 Å². The van der Waals surface area contributed by atoms with E-state index >= 15 is 0 Å². The Bertz CT molecular complexity index is 1180. The van der Waals surface area contributed by atoms with Gasteiger partial charge < -0.3 is 10.2 Å². The van der Waals surface area contributed by atoms with Gasteiger partial charge in [-0.3, -0.25) is 4.79 Å². The van der Waals surface area contributed by atoms with E-state index in [9.17, 15) is 4.79 Å². The van der Waals surface area contributed by atoms with E-state index in [1.807, 2.05) is 29.8 Å². The second kappa shape index (κ2) is 6.30. The van der Waals surface area contributed by atoms with Crippen molar-refractivity contribution in [2.45, 2.75) is 32.2 Å². The topological polar surface area (TPSA) is 99.8 Å². The van der Waals surface area contributed by atoms with Crippen LogP contribution in [0, 0.1) is 6.92 Å². The highest BCUT2D eigenvalue weighted by Crippen LogP contribution is 2.33. The molecule has 0 fully saturated rings. The summed E-state index contributed by atoms with van der Waals surface area (Å²) in [5, 5.41) is 4.64. The van der Waals surface area contributed by atoms with E-state index < -0.39 is 5.91 Å². The number of fused-ring (bicyclic) bond motifs is 2. The van der Waals surface area contributed by atoms with Crippen LogP contribution in [0.5, 0.6) is 0 Å². The van der Waals surface area contributed by atoms with Crippen molar-refractivity contribution in [3.8, 4) is 11.4 Å². The summed E-state index contributed by atoms with van der Waals surface area (Å²) in [4.78, 5) is 20.4. The largest absolute Gasteiger partial charge is 0.441 e. The Kier molecular flexibility index (Phi) is 3.75. The Morgan fingerprint density at radius 3 is 2.64 bits per heavy atom. The third-order valence-corrected chi connectivity index (χ3v) is 5.14. The standard InChI is InChI=1S/C21H19N5O2/c1-12-23-17-7-6-15(10-18(17)28-12)21-24-20(11-19(22)27)25-26(21)16-8-13-4-2-3-5-14(13)9-16/h2-7,10,16H,8-9,11H2,1H3,(H2,22,27). The van der Waals surface area contributed by atoms with Crippen molar-refractivity contribution in [2.24, 2.45) is 5.73 Å². The highest BCUT2D eigenvalue weighted by Gasteiger charge is 2.27. The van der Waals surface area contributed by atoms with Crippen molar-refractivity contribution in [1.82, 2.24) is 19.7 Å². The van der Waals surface area contributed by atoms with Gasteiger partial charge >= 0.3 is 0 Å². The minimum absolute atomic E-state index is 0.0172. The summed E-state index contributed by atoms with van der Waals surface area (Å²) < 4.78 is 7.61. The molecule has 0 atom stereocenters. The van der Waals surface area contributed by atoms with Crippen molar-refractivity contribution >= 4 is 17.0 Å². The molecule has 1 amide bonds. The summed E-state index contributed by atoms with van der Waals surface area (Å²) in [7, 11) is 0. The summed E-state index contributed by atoms with van der Waals surface area (Å²) in [6, 6.07) is 14.4. The molecule has 0 unspecified atom stereocenters. The third-order valence-electron chi connectivity index (χ3n) is 5.14. The molecule has 1 aliphatic rings. The summed E-state index contributed by atoms with van der Waals surface area (Å²) in [5.41, 5.74) is 10.4. The molecule has 0 aliphatic heterocycles. The maximum Gasteiger partial charge on any atom is 0.225 e. The van der Waals surface area contributed by atoms with Gasteiger partial charge in [0, 0.05) is 12.5 Å². The predicted octanol–water partition coefficient (Wildman–Crippen LogP) is 2.76. The molecule has 0 spiro atoms. The quantitative estimate of drug-likeness (QED) is 0.593. The lowest BCUT2D eigenvalue weighted by molar-refractivity contribution is -0.117. The molecule has 7 nitrogen and oxygen atoms in total. The number of rotatable bonds is 4. The molecule has 2 aromatic heterocycles. The minimum atomic E-state index is -0.445. The second-order valence-corrected chi connectivity index (χ2v) is 7.19. The van der Waals surface area contributed by atoms with Crippen molar-refractivity contribution in [2.75, 3.05) is 0 Å².